The number of nitrogens with zero attached hydrogens (tertiary/aromatic N) is 8. The molecule has 0 spiro atoms. The molecule has 12 aromatic carbocycles. The molecule has 0 saturated carbocycles. The van der Waals surface area contributed by atoms with Crippen LogP contribution >= 0.6 is 22.7 Å². The summed E-state index contributed by atoms with van der Waals surface area (Å²) in [6.07, 6.45) is 9.35. The Morgan fingerprint density at radius 2 is 1.06 bits per heavy atom. The molecule has 3 radical (unpaired) electrons. The molecule has 22 rings (SSSR count). The fraction of sp³-hybridized carbons (Fsp3) is 0.102. The molecule has 0 aliphatic heterocycles. The maximum atomic E-state index is 16.2. The molecule has 0 bridgehead atoms. The molecule has 0 fully saturated rings. The summed E-state index contributed by atoms with van der Waals surface area (Å²) in [5.41, 5.74) is 16.5. The number of aromatic carboxylic acids is 1. The summed E-state index contributed by atoms with van der Waals surface area (Å²) in [7, 11) is 0. The Balaban J connectivity index is 0.000000152. The smallest absolute Gasteiger partial charge is 0.513 e. The van der Waals surface area contributed by atoms with E-state index in [0.717, 1.165) is 146 Å². The van der Waals surface area contributed by atoms with Crippen LogP contribution in [0.2, 0.25) is 0 Å². The number of aliphatic hydroxyl groups excluding tert-OH is 3. The second-order valence-corrected chi connectivity index (χ2v) is 35.1. The number of carboxylic acids is 1. The summed E-state index contributed by atoms with van der Waals surface area (Å²) >= 11 is 3.22. The van der Waals surface area contributed by atoms with E-state index >= 15 is 4.39 Å². The first-order chi connectivity index (χ1) is 65.8. The number of aryl methyl sites for hydroxylation is 2. The number of hydrogen-bond donors (Lipinski definition) is 4. The third-order valence-electron chi connectivity index (χ3n) is 22.5. The Morgan fingerprint density at radius 1 is 0.471 bits per heavy atom. The molecule has 705 valence electrons. The van der Waals surface area contributed by atoms with Crippen molar-refractivity contribution in [2.24, 2.45) is 0 Å². The van der Waals surface area contributed by atoms with Gasteiger partial charge in [0.25, 0.3) is 0 Å². The Hall–Kier alpha value is -13.5. The number of carbonyl (C=O) groups is 2. The standard InChI is InChI=1S/C28H17FN2S2.C24H17FN.C20H13N2.C19H14NO2.C17H11N2.C5H10O2.C5H8O2.3Ir.Pt/c1-28(29,26-14-6-10-20(30-26)24-16-18-8-2-4-12-22(18)32-24)27-15-7-11-21(31-27)25-17-19-9-3-5-13-23(19)33-25;1-24(2)19-12-6-10-16-18(15-8-4-3-5-9-15)14-26-23(21(16)19)17-11-7-13-20(25)22(17)24;1-2-9-18-15(6-1)11-13-22-20(18)17-8-5-7-16(14-17)19-10-3-4-12-21-19;1-13-7-9-14(10-8-13)16-11-17(15-5-3-2-4-6-15)20-18(12-16)19(21)22;1-11-10-18-16-14-8-4-2-6-12(14)13-7-3-5-9-15(13)17(16)19-11;2*1-4(6)3-5(2)7;;;;/h2-15H,1H3;3-10,12-14H,1-2H3;1-13H;2-5,7-12H,1H3,(H,21,22);2-7,9-10H,1H3;3-4,6-7H,1-2H3;3,6H,1-2H3;;;;/q-2;4*-1;;;;;;+2. The Bertz CT molecular complexity index is 7800. The molecule has 1 unspecified atom stereocenters. The first kappa shape index (κ1) is 105. The predicted octanol–water partition coefficient (Wildman–Crippen LogP) is 29.1. The third-order valence-corrected chi connectivity index (χ3v) is 24.7. The summed E-state index contributed by atoms with van der Waals surface area (Å²) in [6.45, 7) is 15.6. The van der Waals surface area contributed by atoms with Gasteiger partial charge in [-0.05, 0) is 170 Å². The van der Waals surface area contributed by atoms with E-state index in [2.05, 4.69) is 164 Å². The summed E-state index contributed by atoms with van der Waals surface area (Å²) in [4.78, 5) is 59.7. The maximum absolute atomic E-state index is 16.2. The van der Waals surface area contributed by atoms with Crippen molar-refractivity contribution in [2.45, 2.75) is 79.5 Å². The second kappa shape index (κ2) is 47.9. The van der Waals surface area contributed by atoms with Crippen LogP contribution in [-0.4, -0.2) is 78.2 Å². The molecule has 9 heterocycles. The molecule has 0 amide bonds. The normalized spacial score (nSPS) is 11.7. The van der Waals surface area contributed by atoms with Gasteiger partial charge >= 0.3 is 27.0 Å². The molecule has 21 aromatic rings. The van der Waals surface area contributed by atoms with Gasteiger partial charge in [-0.15, -0.1) is 161 Å². The first-order valence-electron chi connectivity index (χ1n) is 43.9. The van der Waals surface area contributed by atoms with Gasteiger partial charge in [-0.3, -0.25) is 34.7 Å². The van der Waals surface area contributed by atoms with Crippen LogP contribution in [0.25, 0.3) is 163 Å². The van der Waals surface area contributed by atoms with Crippen molar-refractivity contribution in [3.8, 4) is 88.4 Å². The van der Waals surface area contributed by atoms with Crippen LogP contribution in [0.5, 0.6) is 0 Å². The largest absolute Gasteiger partial charge is 2.00 e. The molecular formula is C118H90F2Ir3N8O6PtS2-4. The molecule has 1 aliphatic rings. The minimum atomic E-state index is -1.85. The topological polar surface area (TPSA) is 218 Å². The zero-order valence-electron chi connectivity index (χ0n) is 77.1. The van der Waals surface area contributed by atoms with Crippen molar-refractivity contribution in [3.63, 3.8) is 0 Å². The number of hydrogen-bond acceptors (Lipinski definition) is 15. The van der Waals surface area contributed by atoms with Crippen molar-refractivity contribution >= 4 is 109 Å². The van der Waals surface area contributed by atoms with E-state index in [-0.39, 0.29) is 110 Å². The van der Waals surface area contributed by atoms with Gasteiger partial charge < -0.3 is 30.4 Å². The number of aromatic nitrogens is 8. The van der Waals surface area contributed by atoms with Crippen molar-refractivity contribution in [1.29, 1.82) is 0 Å². The zero-order chi connectivity index (χ0) is 95.2. The van der Waals surface area contributed by atoms with E-state index < -0.39 is 23.2 Å². The SMILES string of the molecule is CC(=O)C=C(C)O.CC(F)(c1cccc(-c2[c-]c3ccccc3s2)n1)c1cccc(-c2[c-]c3ccccc3s2)n1.CC(O)=CC(C)O.CC1(C)c2c([c-]ccc2F)-c2ncc(-c3ccccc3)c3cccc1c23.Cc1ccc(-c2cc(C(=O)O)nc(-c3[c-]cccc3)c2)cc1.Cc1cnc2c3[c-]cccc3c3ccccc3c2n1.[Ir].[Ir].[Ir].[Pt+2].[c-]1c(-c2ccccn2)cccc1-c1nccc2ccccc12. The minimum absolute atomic E-state index is 0. The number of rotatable bonds is 12. The molecule has 1 atom stereocenters. The fourth-order valence-corrected chi connectivity index (χ4v) is 18.2. The molecule has 140 heavy (non-hydrogen) atoms. The van der Waals surface area contributed by atoms with Crippen molar-refractivity contribution < 1.29 is 120 Å². The predicted molar refractivity (Wildman–Crippen MR) is 547 cm³/mol. The average molecular weight is 2590 g/mol. The number of carboxylic acid groups (broad SMARTS) is 1. The minimum Gasteiger partial charge on any atom is -0.513 e. The van der Waals surface area contributed by atoms with E-state index in [1.165, 1.54) is 62.1 Å². The van der Waals surface area contributed by atoms with E-state index in [1.54, 1.807) is 66.1 Å². The van der Waals surface area contributed by atoms with E-state index in [1.807, 2.05) is 233 Å². The number of halogens is 2. The molecular weight excluding hydrogens is 2500 g/mol. The van der Waals surface area contributed by atoms with Crippen molar-refractivity contribution in [1.82, 2.24) is 39.9 Å². The average Bonchev–Trinajstić information content (AvgIpc) is 0.902. The van der Waals surface area contributed by atoms with Gasteiger partial charge in [0.05, 0.1) is 40.2 Å². The van der Waals surface area contributed by atoms with Gasteiger partial charge in [0.2, 0.25) is 0 Å². The van der Waals surface area contributed by atoms with Crippen LogP contribution in [0.4, 0.5) is 8.78 Å². The van der Waals surface area contributed by atoms with Crippen LogP contribution in [0, 0.1) is 56.1 Å². The maximum Gasteiger partial charge on any atom is 2.00 e. The van der Waals surface area contributed by atoms with E-state index in [0.29, 0.717) is 34.0 Å². The van der Waals surface area contributed by atoms with Crippen LogP contribution in [-0.2, 0) is 97.3 Å². The number of fused-ring (bicyclic) bond motifs is 11. The summed E-state index contributed by atoms with van der Waals surface area (Å²) in [5, 5.41) is 45.8. The monoisotopic (exact) mass is 2590 g/mol. The van der Waals surface area contributed by atoms with Crippen LogP contribution in [0.3, 0.4) is 0 Å². The van der Waals surface area contributed by atoms with Crippen molar-refractivity contribution in [3.05, 3.63) is 446 Å². The zero-order valence-corrected chi connectivity index (χ0v) is 88.2. The van der Waals surface area contributed by atoms with Gasteiger partial charge in [-0.2, -0.15) is 0 Å². The van der Waals surface area contributed by atoms with Gasteiger partial charge in [0.15, 0.2) is 11.5 Å². The first-order valence-corrected chi connectivity index (χ1v) is 45.5. The summed E-state index contributed by atoms with van der Waals surface area (Å²) in [6, 6.07) is 122. The molecule has 22 heteroatoms. The molecule has 1 aliphatic carbocycles. The molecule has 4 N–H and O–H groups in total. The van der Waals surface area contributed by atoms with Gasteiger partial charge in [0, 0.05) is 131 Å². The van der Waals surface area contributed by atoms with Gasteiger partial charge in [-0.1, -0.05) is 235 Å². The van der Waals surface area contributed by atoms with Crippen LogP contribution in [0.1, 0.15) is 92.7 Å². The number of ketones is 1. The number of benzene rings is 12. The number of alkyl halides is 1. The number of carbonyl (C=O) groups excluding carboxylic acids is 1. The summed E-state index contributed by atoms with van der Waals surface area (Å²) < 4.78 is 33.2. The number of aliphatic hydroxyl groups is 3. The molecule has 9 aromatic heterocycles. The van der Waals surface area contributed by atoms with E-state index in [4.69, 9.17) is 20.3 Å². The number of thiophene rings is 2. The quantitative estimate of drug-likeness (QED) is 0.0387. The van der Waals surface area contributed by atoms with Gasteiger partial charge in [0.1, 0.15) is 5.69 Å². The Morgan fingerprint density at radius 3 is 1.67 bits per heavy atom. The van der Waals surface area contributed by atoms with Crippen LogP contribution < -0.4 is 0 Å². The number of pyridine rings is 6. The van der Waals surface area contributed by atoms with Crippen LogP contribution in [0.15, 0.2) is 364 Å². The second-order valence-electron chi connectivity index (χ2n) is 33.0. The molecule has 14 nitrogen and oxygen atoms in total. The van der Waals surface area contributed by atoms with E-state index in [9.17, 15) is 19.1 Å². The third kappa shape index (κ3) is 24.7. The number of allylic oxidation sites excluding steroid dienone is 3. The Labute approximate surface area is 874 Å². The van der Waals surface area contributed by atoms with Crippen molar-refractivity contribution in [2.75, 3.05) is 0 Å². The Kier molecular flexibility index (Phi) is 36.1. The summed E-state index contributed by atoms with van der Waals surface area (Å²) in [5.74, 6) is -1.13. The fourth-order valence-electron chi connectivity index (χ4n) is 16.2. The molecule has 0 saturated heterocycles. The van der Waals surface area contributed by atoms with Gasteiger partial charge in [-0.25, -0.2) is 36.2 Å².